The van der Waals surface area contributed by atoms with E-state index in [0.717, 1.165) is 0 Å². The Labute approximate surface area is 68.6 Å². The molecule has 70 valence electrons. The predicted molar refractivity (Wildman–Crippen MR) is 37.0 cm³/mol. The number of aliphatic hydroxyl groups excluding tert-OH is 3. The summed E-state index contributed by atoms with van der Waals surface area (Å²) >= 11 is 0. The summed E-state index contributed by atoms with van der Waals surface area (Å²) in [6, 6.07) is -1.29. The van der Waals surface area contributed by atoms with Crippen LogP contribution in [0.15, 0.2) is 0 Å². The average molecular weight is 177 g/mol. The Hall–Kier alpha value is -0.690. The fourth-order valence-corrected chi connectivity index (χ4v) is 0.942. The van der Waals surface area contributed by atoms with Crippen molar-refractivity contribution in [3.8, 4) is 0 Å². The van der Waals surface area contributed by atoms with Gasteiger partial charge in [-0.25, -0.2) is 0 Å². The SMILES string of the molecule is N[C@H]1C(=O)OC[C@@H](O)[C@@H](O)[C@@H]1O. The summed E-state index contributed by atoms with van der Waals surface area (Å²) in [5.41, 5.74) is 5.18. The fourth-order valence-electron chi connectivity index (χ4n) is 0.942. The lowest BCUT2D eigenvalue weighted by atomic mass is 10.0. The molecular formula is C6H11NO5. The molecule has 1 aliphatic rings. The molecule has 1 rings (SSSR count). The Morgan fingerprint density at radius 3 is 2.50 bits per heavy atom. The minimum atomic E-state index is -1.48. The van der Waals surface area contributed by atoms with Gasteiger partial charge in [0.15, 0.2) is 0 Å². The standard InChI is InChI=1S/C6H11NO5/c7-3-5(10)4(9)2(8)1-12-6(3)11/h2-5,8-10H,1,7H2/t2-,3-,4-,5-/m1/s1. The van der Waals surface area contributed by atoms with E-state index in [1.807, 2.05) is 0 Å². The molecule has 0 bridgehead atoms. The first kappa shape index (κ1) is 9.40. The first-order chi connectivity index (χ1) is 5.54. The second kappa shape index (κ2) is 3.36. The van der Waals surface area contributed by atoms with E-state index in [1.54, 1.807) is 0 Å². The van der Waals surface area contributed by atoms with Crippen LogP contribution in [0.25, 0.3) is 0 Å². The average Bonchev–Trinajstić information content (AvgIpc) is 2.14. The summed E-state index contributed by atoms with van der Waals surface area (Å²) in [6.07, 6.45) is -4.20. The van der Waals surface area contributed by atoms with E-state index in [4.69, 9.17) is 21.1 Å². The van der Waals surface area contributed by atoms with Gasteiger partial charge in [-0.15, -0.1) is 0 Å². The number of esters is 1. The molecule has 1 aliphatic heterocycles. The monoisotopic (exact) mass is 177 g/mol. The summed E-state index contributed by atoms with van der Waals surface area (Å²) in [6.45, 7) is -0.342. The number of ether oxygens (including phenoxy) is 1. The van der Waals surface area contributed by atoms with Gasteiger partial charge in [0.1, 0.15) is 31.0 Å². The third-order valence-electron chi connectivity index (χ3n) is 1.78. The van der Waals surface area contributed by atoms with Gasteiger partial charge in [-0.05, 0) is 0 Å². The molecule has 1 saturated heterocycles. The summed E-state index contributed by atoms with van der Waals surface area (Å²) < 4.78 is 4.43. The molecule has 6 heteroatoms. The first-order valence-corrected chi connectivity index (χ1v) is 3.50. The summed E-state index contributed by atoms with van der Waals surface area (Å²) in [5.74, 6) is -0.821. The first-order valence-electron chi connectivity index (χ1n) is 3.50. The minimum Gasteiger partial charge on any atom is -0.462 e. The van der Waals surface area contributed by atoms with Crippen molar-refractivity contribution in [2.75, 3.05) is 6.61 Å². The van der Waals surface area contributed by atoms with Gasteiger partial charge in [0.25, 0.3) is 0 Å². The Morgan fingerprint density at radius 2 is 1.92 bits per heavy atom. The van der Waals surface area contributed by atoms with Crippen LogP contribution in [0.4, 0.5) is 0 Å². The van der Waals surface area contributed by atoms with Gasteiger partial charge in [0.05, 0.1) is 0 Å². The molecule has 0 aromatic rings. The highest BCUT2D eigenvalue weighted by Crippen LogP contribution is 2.10. The zero-order chi connectivity index (χ0) is 9.30. The van der Waals surface area contributed by atoms with Crippen molar-refractivity contribution in [2.24, 2.45) is 5.73 Å². The molecule has 0 radical (unpaired) electrons. The van der Waals surface area contributed by atoms with E-state index in [-0.39, 0.29) is 6.61 Å². The zero-order valence-corrected chi connectivity index (χ0v) is 6.25. The lowest BCUT2D eigenvalue weighted by molar-refractivity contribution is -0.147. The highest BCUT2D eigenvalue weighted by Gasteiger charge is 2.38. The Kier molecular flexibility index (Phi) is 2.63. The van der Waals surface area contributed by atoms with Gasteiger partial charge in [-0.3, -0.25) is 4.79 Å². The molecule has 4 atom stereocenters. The Bertz CT molecular complexity index is 185. The maximum absolute atomic E-state index is 10.8. The Morgan fingerprint density at radius 1 is 1.33 bits per heavy atom. The van der Waals surface area contributed by atoms with Crippen LogP contribution < -0.4 is 5.73 Å². The number of cyclic esters (lactones) is 1. The third-order valence-corrected chi connectivity index (χ3v) is 1.78. The van der Waals surface area contributed by atoms with Crippen molar-refractivity contribution < 1.29 is 24.9 Å². The summed E-state index contributed by atoms with van der Waals surface area (Å²) in [5, 5.41) is 27.3. The number of carbonyl (C=O) groups is 1. The molecule has 0 saturated carbocycles. The number of hydrogen-bond acceptors (Lipinski definition) is 6. The van der Waals surface area contributed by atoms with Gasteiger partial charge >= 0.3 is 5.97 Å². The van der Waals surface area contributed by atoms with Crippen LogP contribution in [0, 0.1) is 0 Å². The van der Waals surface area contributed by atoms with Crippen molar-refractivity contribution >= 4 is 5.97 Å². The number of carbonyl (C=O) groups excluding carboxylic acids is 1. The van der Waals surface area contributed by atoms with Crippen LogP contribution >= 0.6 is 0 Å². The van der Waals surface area contributed by atoms with Crippen LogP contribution in [0.2, 0.25) is 0 Å². The molecule has 5 N–H and O–H groups in total. The molecule has 0 amide bonds. The molecule has 12 heavy (non-hydrogen) atoms. The molecule has 0 unspecified atom stereocenters. The van der Waals surface area contributed by atoms with Gasteiger partial charge < -0.3 is 25.8 Å². The van der Waals surface area contributed by atoms with Crippen molar-refractivity contribution in [3.05, 3.63) is 0 Å². The summed E-state index contributed by atoms with van der Waals surface area (Å²) in [4.78, 5) is 10.8. The number of rotatable bonds is 0. The van der Waals surface area contributed by atoms with Crippen LogP contribution in [-0.4, -0.2) is 52.2 Å². The van der Waals surface area contributed by atoms with Crippen LogP contribution in [0.1, 0.15) is 0 Å². The van der Waals surface area contributed by atoms with Gasteiger partial charge in [0.2, 0.25) is 0 Å². The van der Waals surface area contributed by atoms with E-state index in [1.165, 1.54) is 0 Å². The van der Waals surface area contributed by atoms with E-state index in [2.05, 4.69) is 4.74 Å². The molecule has 0 spiro atoms. The molecule has 0 aromatic heterocycles. The van der Waals surface area contributed by atoms with Crippen LogP contribution in [0.3, 0.4) is 0 Å². The number of aliphatic hydroxyl groups is 3. The van der Waals surface area contributed by atoms with Gasteiger partial charge in [-0.2, -0.15) is 0 Å². The predicted octanol–water partition coefficient (Wildman–Crippen LogP) is -3.05. The molecule has 1 fully saturated rings. The number of hydrogen-bond donors (Lipinski definition) is 4. The quantitative estimate of drug-likeness (QED) is 0.292. The molecule has 0 aromatic carbocycles. The van der Waals surface area contributed by atoms with Crippen molar-refractivity contribution in [1.29, 1.82) is 0 Å². The Balaban J connectivity index is 2.75. The molecule has 6 nitrogen and oxygen atoms in total. The highest BCUT2D eigenvalue weighted by molar-refractivity contribution is 5.76. The molecular weight excluding hydrogens is 166 g/mol. The lowest BCUT2D eigenvalue weighted by Crippen LogP contribution is -2.49. The van der Waals surface area contributed by atoms with E-state index < -0.39 is 30.3 Å². The van der Waals surface area contributed by atoms with E-state index in [9.17, 15) is 4.79 Å². The molecule has 1 heterocycles. The zero-order valence-electron chi connectivity index (χ0n) is 6.25. The van der Waals surface area contributed by atoms with Crippen molar-refractivity contribution in [1.82, 2.24) is 0 Å². The van der Waals surface area contributed by atoms with Crippen LogP contribution in [-0.2, 0) is 9.53 Å². The largest absolute Gasteiger partial charge is 0.462 e. The molecule has 0 aliphatic carbocycles. The second-order valence-electron chi connectivity index (χ2n) is 2.70. The van der Waals surface area contributed by atoms with Crippen molar-refractivity contribution in [3.63, 3.8) is 0 Å². The minimum absolute atomic E-state index is 0.342. The number of nitrogens with two attached hydrogens (primary N) is 1. The van der Waals surface area contributed by atoms with Gasteiger partial charge in [-0.1, -0.05) is 0 Å². The normalized spacial score (nSPS) is 43.5. The van der Waals surface area contributed by atoms with E-state index in [0.29, 0.717) is 0 Å². The highest BCUT2D eigenvalue weighted by atomic mass is 16.5. The van der Waals surface area contributed by atoms with Gasteiger partial charge in [0, 0.05) is 0 Å². The smallest absolute Gasteiger partial charge is 0.325 e. The second-order valence-corrected chi connectivity index (χ2v) is 2.70. The maximum Gasteiger partial charge on any atom is 0.325 e. The topological polar surface area (TPSA) is 113 Å². The van der Waals surface area contributed by atoms with E-state index >= 15 is 0 Å². The van der Waals surface area contributed by atoms with Crippen LogP contribution in [0.5, 0.6) is 0 Å². The lowest BCUT2D eigenvalue weighted by Gasteiger charge is -2.19. The summed E-state index contributed by atoms with van der Waals surface area (Å²) in [7, 11) is 0. The van der Waals surface area contributed by atoms with Crippen molar-refractivity contribution in [2.45, 2.75) is 24.4 Å². The fraction of sp³-hybridized carbons (Fsp3) is 0.833. The third kappa shape index (κ3) is 1.56. The maximum atomic E-state index is 10.8.